The smallest absolute Gasteiger partial charge is 0.174 e. The highest BCUT2D eigenvalue weighted by Gasteiger charge is 2.16. The number of nitrogens with zero attached hydrogens (tertiary/aromatic N) is 2. The van der Waals surface area contributed by atoms with Crippen LogP contribution in [0.5, 0.6) is 0 Å². The largest absolute Gasteiger partial charge is 0.343 e. The summed E-state index contributed by atoms with van der Waals surface area (Å²) in [4.78, 5) is 18.1. The zero-order chi connectivity index (χ0) is 16.2. The van der Waals surface area contributed by atoms with Gasteiger partial charge in [-0.1, -0.05) is 23.9 Å². The molecule has 118 valence electrons. The van der Waals surface area contributed by atoms with Crippen molar-refractivity contribution in [2.24, 2.45) is 0 Å². The Kier molecular flexibility index (Phi) is 4.98. The van der Waals surface area contributed by atoms with Gasteiger partial charge in [-0.3, -0.25) is 4.79 Å². The summed E-state index contributed by atoms with van der Waals surface area (Å²) >= 11 is 3.23. The van der Waals surface area contributed by atoms with Crippen molar-refractivity contribution in [1.82, 2.24) is 9.55 Å². The van der Waals surface area contributed by atoms with Gasteiger partial charge in [-0.25, -0.2) is 4.98 Å². The van der Waals surface area contributed by atoms with Crippen LogP contribution in [-0.2, 0) is 6.54 Å². The van der Waals surface area contributed by atoms with Crippen LogP contribution in [0.3, 0.4) is 0 Å². The van der Waals surface area contributed by atoms with Crippen LogP contribution in [0.4, 0.5) is 0 Å². The Bertz CT molecular complexity index is 792. The Labute approximate surface area is 144 Å². The maximum atomic E-state index is 12.5. The molecule has 3 aromatic heterocycles. The highest BCUT2D eigenvalue weighted by atomic mass is 32.2. The van der Waals surface area contributed by atoms with E-state index in [4.69, 9.17) is 0 Å². The summed E-state index contributed by atoms with van der Waals surface area (Å²) in [6.07, 6.45) is 1.75. The summed E-state index contributed by atoms with van der Waals surface area (Å²) in [7, 11) is 0. The van der Waals surface area contributed by atoms with Crippen molar-refractivity contribution in [2.75, 3.05) is 5.75 Å². The molecule has 0 bridgehead atoms. The lowest BCUT2D eigenvalue weighted by atomic mass is 10.2. The molecular formula is C18H18N2OS2. The zero-order valence-corrected chi connectivity index (χ0v) is 14.8. The summed E-state index contributed by atoms with van der Waals surface area (Å²) in [6, 6.07) is 11.9. The molecule has 0 aliphatic rings. The average Bonchev–Trinajstić information content (AvgIpc) is 3.17. The first-order valence-electron chi connectivity index (χ1n) is 7.41. The molecular weight excluding hydrogens is 324 g/mol. The molecule has 0 atom stereocenters. The molecule has 0 saturated carbocycles. The van der Waals surface area contributed by atoms with E-state index in [1.54, 1.807) is 17.5 Å². The molecule has 3 aromatic rings. The number of thioether (sulfide) groups is 1. The maximum absolute atomic E-state index is 12.5. The van der Waals surface area contributed by atoms with E-state index in [1.807, 2.05) is 31.2 Å². The van der Waals surface area contributed by atoms with Gasteiger partial charge in [0.25, 0.3) is 0 Å². The van der Waals surface area contributed by atoms with Gasteiger partial charge in [0, 0.05) is 28.0 Å². The van der Waals surface area contributed by atoms with Crippen LogP contribution >= 0.6 is 23.1 Å². The Hall–Kier alpha value is -1.85. The minimum absolute atomic E-state index is 0.159. The summed E-state index contributed by atoms with van der Waals surface area (Å²) in [5.41, 5.74) is 2.99. The third kappa shape index (κ3) is 3.74. The molecule has 0 saturated heterocycles. The number of aromatic nitrogens is 2. The number of thiophene rings is 1. The summed E-state index contributed by atoms with van der Waals surface area (Å²) in [6.45, 7) is 4.92. The van der Waals surface area contributed by atoms with Crippen molar-refractivity contribution < 1.29 is 4.79 Å². The fourth-order valence-electron chi connectivity index (χ4n) is 2.53. The lowest BCUT2D eigenvalue weighted by molar-refractivity contribution is 0.102. The summed E-state index contributed by atoms with van der Waals surface area (Å²) in [5.74, 6) is 0.575. The van der Waals surface area contributed by atoms with Crippen molar-refractivity contribution in [1.29, 1.82) is 0 Å². The van der Waals surface area contributed by atoms with Crippen molar-refractivity contribution in [2.45, 2.75) is 25.4 Å². The van der Waals surface area contributed by atoms with Crippen LogP contribution in [0, 0.1) is 13.8 Å². The number of carbonyl (C=O) groups is 1. The maximum Gasteiger partial charge on any atom is 0.174 e. The fraction of sp³-hybridized carbons (Fsp3) is 0.222. The van der Waals surface area contributed by atoms with Crippen LogP contribution in [0.1, 0.15) is 26.6 Å². The number of Topliss-reactive ketones (excluding diaryl/α,β-unsaturated/α-hetero) is 1. The number of aryl methyl sites for hydroxylation is 1. The lowest BCUT2D eigenvalue weighted by Crippen LogP contribution is -2.07. The number of pyridine rings is 1. The first kappa shape index (κ1) is 16.0. The van der Waals surface area contributed by atoms with Crippen molar-refractivity contribution >= 4 is 28.9 Å². The van der Waals surface area contributed by atoms with Crippen molar-refractivity contribution in [3.8, 4) is 0 Å². The standard InChI is InChI=1S/C18H18N2OS2/c1-13-10-16(14(2)20(13)11-15-6-5-9-22-15)17(21)12-23-18-7-3-4-8-19-18/h3-10H,11-12H2,1-2H3. The van der Waals surface area contributed by atoms with Gasteiger partial charge in [-0.2, -0.15) is 0 Å². The molecule has 3 heterocycles. The first-order valence-corrected chi connectivity index (χ1v) is 9.28. The number of rotatable bonds is 6. The van der Waals surface area contributed by atoms with Crippen LogP contribution in [-0.4, -0.2) is 21.1 Å². The fourth-order valence-corrected chi connectivity index (χ4v) is 3.97. The van der Waals surface area contributed by atoms with Gasteiger partial charge in [0.1, 0.15) is 0 Å². The van der Waals surface area contributed by atoms with Crippen molar-refractivity contribution in [3.05, 3.63) is 69.8 Å². The monoisotopic (exact) mass is 342 g/mol. The minimum Gasteiger partial charge on any atom is -0.343 e. The van der Waals surface area contributed by atoms with Crippen LogP contribution in [0.2, 0.25) is 0 Å². The molecule has 0 amide bonds. The highest BCUT2D eigenvalue weighted by molar-refractivity contribution is 7.99. The van der Waals surface area contributed by atoms with Gasteiger partial charge >= 0.3 is 0 Å². The van der Waals surface area contributed by atoms with E-state index in [9.17, 15) is 4.79 Å². The molecule has 0 radical (unpaired) electrons. The Morgan fingerprint density at radius 1 is 1.26 bits per heavy atom. The Morgan fingerprint density at radius 3 is 2.83 bits per heavy atom. The van der Waals surface area contributed by atoms with Gasteiger partial charge in [0.05, 0.1) is 17.3 Å². The second-order valence-electron chi connectivity index (χ2n) is 5.33. The van der Waals surface area contributed by atoms with E-state index in [0.29, 0.717) is 5.75 Å². The van der Waals surface area contributed by atoms with E-state index < -0.39 is 0 Å². The van der Waals surface area contributed by atoms with E-state index >= 15 is 0 Å². The van der Waals surface area contributed by atoms with Crippen LogP contribution in [0.25, 0.3) is 0 Å². The predicted molar refractivity (Wildman–Crippen MR) is 96.6 cm³/mol. The molecule has 0 fully saturated rings. The Balaban J connectivity index is 1.73. The highest BCUT2D eigenvalue weighted by Crippen LogP contribution is 2.22. The molecule has 3 nitrogen and oxygen atoms in total. The summed E-state index contributed by atoms with van der Waals surface area (Å²) in [5, 5.41) is 2.97. The summed E-state index contributed by atoms with van der Waals surface area (Å²) < 4.78 is 2.21. The van der Waals surface area contributed by atoms with E-state index in [-0.39, 0.29) is 5.78 Å². The lowest BCUT2D eigenvalue weighted by Gasteiger charge is -2.08. The van der Waals surface area contributed by atoms with Crippen LogP contribution < -0.4 is 0 Å². The van der Waals surface area contributed by atoms with E-state index in [1.165, 1.54) is 16.6 Å². The van der Waals surface area contributed by atoms with Gasteiger partial charge in [0.2, 0.25) is 0 Å². The molecule has 3 rings (SSSR count). The molecule has 5 heteroatoms. The SMILES string of the molecule is Cc1cc(C(=O)CSc2ccccn2)c(C)n1Cc1cccs1. The average molecular weight is 342 g/mol. The number of hydrogen-bond donors (Lipinski definition) is 0. The topological polar surface area (TPSA) is 34.9 Å². The van der Waals surface area contributed by atoms with Crippen molar-refractivity contribution in [3.63, 3.8) is 0 Å². The molecule has 0 aliphatic heterocycles. The third-order valence-electron chi connectivity index (χ3n) is 3.76. The molecule has 0 aromatic carbocycles. The van der Waals surface area contributed by atoms with Gasteiger partial charge in [-0.15, -0.1) is 11.3 Å². The first-order chi connectivity index (χ1) is 11.1. The Morgan fingerprint density at radius 2 is 2.13 bits per heavy atom. The molecule has 0 spiro atoms. The number of carbonyl (C=O) groups excluding carboxylic acids is 1. The predicted octanol–water partition coefficient (Wildman–Crippen LogP) is 4.58. The van der Waals surface area contributed by atoms with E-state index in [2.05, 4.69) is 34.0 Å². The second kappa shape index (κ2) is 7.15. The normalized spacial score (nSPS) is 10.9. The van der Waals surface area contributed by atoms with Gasteiger partial charge in [-0.05, 0) is 43.5 Å². The third-order valence-corrected chi connectivity index (χ3v) is 5.56. The van der Waals surface area contributed by atoms with E-state index in [0.717, 1.165) is 28.5 Å². The molecule has 0 aliphatic carbocycles. The molecule has 0 unspecified atom stereocenters. The number of hydrogen-bond acceptors (Lipinski definition) is 4. The molecule has 0 N–H and O–H groups in total. The van der Waals surface area contributed by atoms with Gasteiger partial charge in [0.15, 0.2) is 5.78 Å². The second-order valence-corrected chi connectivity index (χ2v) is 7.36. The van der Waals surface area contributed by atoms with Gasteiger partial charge < -0.3 is 4.57 Å². The number of ketones is 1. The van der Waals surface area contributed by atoms with Crippen LogP contribution in [0.15, 0.2) is 53.0 Å². The zero-order valence-electron chi connectivity index (χ0n) is 13.2. The quantitative estimate of drug-likeness (QED) is 0.486. The molecule has 23 heavy (non-hydrogen) atoms. The minimum atomic E-state index is 0.159.